The highest BCUT2D eigenvalue weighted by Crippen LogP contribution is 2.31. The number of nitrogens with zero attached hydrogens (tertiary/aromatic N) is 2. The number of aliphatic carboxylic acids is 1. The Morgan fingerprint density at radius 2 is 1.04 bits per heavy atom. The molecule has 0 saturated heterocycles. The van der Waals surface area contributed by atoms with E-state index < -0.39 is 48.0 Å². The molecule has 16 nitrogen and oxygen atoms in total. The fourth-order valence-electron chi connectivity index (χ4n) is 4.48. The molecular weight excluding hydrogens is 694 g/mol. The molecule has 0 aromatic heterocycles. The summed E-state index contributed by atoms with van der Waals surface area (Å²) in [7, 11) is 2.49. The summed E-state index contributed by atoms with van der Waals surface area (Å²) in [5, 5.41) is 20.9. The SMILES string of the molecule is COc1cc(C(=O)O[C@H](C(=O)O)[C@H](OC(=O)c2ccc(OC(C)=O)c(OC)c2)C(=O)Nc2ccc(N=Nc3ccc(C)cc3)cc2)ccc1OC(C)=O. The minimum absolute atomic E-state index is 0.0276. The molecule has 2 atom stereocenters. The average molecular weight is 728 g/mol. The fraction of sp³-hybridized carbons (Fsp3) is 0.189. The van der Waals surface area contributed by atoms with Crippen molar-refractivity contribution in [2.24, 2.45) is 10.2 Å². The number of rotatable bonds is 14. The van der Waals surface area contributed by atoms with Crippen LogP contribution in [0.3, 0.4) is 0 Å². The highest BCUT2D eigenvalue weighted by atomic mass is 16.6. The summed E-state index contributed by atoms with van der Waals surface area (Å²) in [4.78, 5) is 75.7. The highest BCUT2D eigenvalue weighted by Gasteiger charge is 2.41. The summed E-state index contributed by atoms with van der Waals surface area (Å²) in [5.74, 6) is -7.01. The third-order valence-electron chi connectivity index (χ3n) is 7.00. The van der Waals surface area contributed by atoms with E-state index in [2.05, 4.69) is 15.5 Å². The number of methoxy groups -OCH3 is 2. The molecule has 2 N–H and O–H groups in total. The summed E-state index contributed by atoms with van der Waals surface area (Å²) in [6.07, 6.45) is -4.67. The molecule has 0 bridgehead atoms. The molecule has 0 spiro atoms. The zero-order valence-corrected chi connectivity index (χ0v) is 29.0. The number of anilines is 1. The lowest BCUT2D eigenvalue weighted by Gasteiger charge is -2.24. The number of carbonyl (C=O) groups is 6. The van der Waals surface area contributed by atoms with Crippen LogP contribution in [0.1, 0.15) is 40.1 Å². The van der Waals surface area contributed by atoms with Gasteiger partial charge in [-0.25, -0.2) is 14.4 Å². The molecule has 4 rings (SSSR count). The first-order valence-corrected chi connectivity index (χ1v) is 15.5. The van der Waals surface area contributed by atoms with Crippen molar-refractivity contribution in [2.45, 2.75) is 33.0 Å². The van der Waals surface area contributed by atoms with E-state index in [1.54, 1.807) is 12.1 Å². The van der Waals surface area contributed by atoms with Gasteiger partial charge in [0, 0.05) is 19.5 Å². The van der Waals surface area contributed by atoms with Crippen molar-refractivity contribution in [3.8, 4) is 23.0 Å². The van der Waals surface area contributed by atoms with E-state index in [-0.39, 0.29) is 39.8 Å². The second kappa shape index (κ2) is 17.7. The molecule has 53 heavy (non-hydrogen) atoms. The number of azo groups is 1. The summed E-state index contributed by atoms with van der Waals surface area (Å²) < 4.78 is 31.0. The van der Waals surface area contributed by atoms with Crippen LogP contribution in [0.2, 0.25) is 0 Å². The Morgan fingerprint density at radius 1 is 0.604 bits per heavy atom. The summed E-state index contributed by atoms with van der Waals surface area (Å²) in [5.41, 5.74) is 1.74. The number of carboxylic acids is 1. The van der Waals surface area contributed by atoms with E-state index in [9.17, 15) is 33.9 Å². The van der Waals surface area contributed by atoms with Crippen molar-refractivity contribution in [3.05, 3.63) is 102 Å². The lowest BCUT2D eigenvalue weighted by atomic mass is 10.1. The topological polar surface area (TPSA) is 215 Å². The van der Waals surface area contributed by atoms with Crippen molar-refractivity contribution >= 4 is 52.8 Å². The van der Waals surface area contributed by atoms with Crippen LogP contribution in [-0.4, -0.2) is 67.3 Å². The maximum Gasteiger partial charge on any atom is 0.349 e. The molecule has 0 aliphatic carbocycles. The van der Waals surface area contributed by atoms with Gasteiger partial charge in [0.1, 0.15) is 0 Å². The summed E-state index contributed by atoms with van der Waals surface area (Å²) in [6, 6.07) is 20.3. The Labute approximate surface area is 302 Å². The van der Waals surface area contributed by atoms with Gasteiger partial charge in [-0.2, -0.15) is 10.2 Å². The molecule has 0 aliphatic rings. The third-order valence-corrected chi connectivity index (χ3v) is 7.00. The van der Waals surface area contributed by atoms with Crippen LogP contribution in [0.4, 0.5) is 17.1 Å². The summed E-state index contributed by atoms with van der Waals surface area (Å²) in [6.45, 7) is 4.25. The van der Waals surface area contributed by atoms with Crippen LogP contribution in [0.15, 0.2) is 95.2 Å². The number of ether oxygens (including phenoxy) is 6. The van der Waals surface area contributed by atoms with Gasteiger partial charge in [0.05, 0.1) is 36.7 Å². The van der Waals surface area contributed by atoms with Gasteiger partial charge in [-0.15, -0.1) is 0 Å². The van der Waals surface area contributed by atoms with E-state index in [0.717, 1.165) is 37.6 Å². The van der Waals surface area contributed by atoms with E-state index in [4.69, 9.17) is 28.4 Å². The first kappa shape index (κ1) is 38.7. The number of benzene rings is 4. The molecule has 0 saturated carbocycles. The molecule has 4 aromatic carbocycles. The first-order chi connectivity index (χ1) is 25.3. The van der Waals surface area contributed by atoms with Gasteiger partial charge in [0.25, 0.3) is 5.91 Å². The van der Waals surface area contributed by atoms with Crippen molar-refractivity contribution in [2.75, 3.05) is 19.5 Å². The Kier molecular flexibility index (Phi) is 12.9. The molecule has 0 unspecified atom stereocenters. The second-order valence-corrected chi connectivity index (χ2v) is 11.0. The van der Waals surface area contributed by atoms with Gasteiger partial charge >= 0.3 is 29.8 Å². The number of nitrogens with one attached hydrogen (secondary N) is 1. The predicted molar refractivity (Wildman–Crippen MR) is 185 cm³/mol. The number of amides is 1. The Balaban J connectivity index is 1.63. The average Bonchev–Trinajstić information content (AvgIpc) is 3.12. The molecule has 4 aromatic rings. The van der Waals surface area contributed by atoms with Crippen LogP contribution >= 0.6 is 0 Å². The van der Waals surface area contributed by atoms with E-state index in [0.29, 0.717) is 11.4 Å². The Morgan fingerprint density at radius 3 is 1.45 bits per heavy atom. The standard InChI is InChI=1S/C37H33N3O13/c1-20-6-10-26(11-7-20)39-40-27-14-12-25(13-15-27)38-34(43)32(52-36(46)23-8-16-28(50-21(2)41)30(18-23)48-4)33(35(44)45)53-37(47)24-9-17-29(51-22(3)42)31(19-24)49-5/h6-19,32-33H,1-5H3,(H,38,43)(H,44,45)/t32-,33-/m0/s1. The predicted octanol–water partition coefficient (Wildman–Crippen LogP) is 5.75. The van der Waals surface area contributed by atoms with Crippen molar-refractivity contribution in [1.29, 1.82) is 0 Å². The number of carbonyl (C=O) groups excluding carboxylic acids is 5. The Hall–Kier alpha value is -7.10. The van der Waals surface area contributed by atoms with E-state index >= 15 is 0 Å². The molecular formula is C37H33N3O13. The molecule has 0 radical (unpaired) electrons. The molecule has 1 amide bonds. The lowest BCUT2D eigenvalue weighted by molar-refractivity contribution is -0.157. The van der Waals surface area contributed by atoms with Gasteiger partial charge in [-0.1, -0.05) is 17.7 Å². The maximum absolute atomic E-state index is 13.7. The smallest absolute Gasteiger partial charge is 0.349 e. The quantitative estimate of drug-likeness (QED) is 0.0900. The number of aryl methyl sites for hydroxylation is 1. The third kappa shape index (κ3) is 10.7. The van der Waals surface area contributed by atoms with Crippen LogP contribution in [0.25, 0.3) is 0 Å². The minimum atomic E-state index is -2.39. The van der Waals surface area contributed by atoms with Gasteiger partial charge < -0.3 is 38.8 Å². The van der Waals surface area contributed by atoms with Crippen LogP contribution in [0.5, 0.6) is 23.0 Å². The van der Waals surface area contributed by atoms with Crippen molar-refractivity contribution in [3.63, 3.8) is 0 Å². The van der Waals surface area contributed by atoms with Crippen LogP contribution < -0.4 is 24.3 Å². The van der Waals surface area contributed by atoms with Crippen molar-refractivity contribution < 1.29 is 62.3 Å². The van der Waals surface area contributed by atoms with Gasteiger partial charge in [-0.05, 0) is 79.7 Å². The number of hydrogen-bond donors (Lipinski definition) is 2. The largest absolute Gasteiger partial charge is 0.493 e. The van der Waals surface area contributed by atoms with Crippen LogP contribution in [-0.2, 0) is 28.7 Å². The second-order valence-electron chi connectivity index (χ2n) is 11.0. The molecule has 0 fully saturated rings. The minimum Gasteiger partial charge on any atom is -0.493 e. The normalized spacial score (nSPS) is 11.8. The van der Waals surface area contributed by atoms with Crippen molar-refractivity contribution in [1.82, 2.24) is 0 Å². The molecule has 0 aliphatic heterocycles. The first-order valence-electron chi connectivity index (χ1n) is 15.5. The molecule has 274 valence electrons. The van der Waals surface area contributed by atoms with Gasteiger partial charge in [-0.3, -0.25) is 14.4 Å². The number of esters is 4. The number of carboxylic acid groups (broad SMARTS) is 1. The van der Waals surface area contributed by atoms with Gasteiger partial charge in [0.15, 0.2) is 23.0 Å². The zero-order valence-electron chi connectivity index (χ0n) is 29.0. The maximum atomic E-state index is 13.7. The fourth-order valence-corrected chi connectivity index (χ4v) is 4.48. The van der Waals surface area contributed by atoms with Gasteiger partial charge in [0.2, 0.25) is 12.2 Å². The van der Waals surface area contributed by atoms with Crippen LogP contribution in [0, 0.1) is 6.92 Å². The molecule has 16 heteroatoms. The lowest BCUT2D eigenvalue weighted by Crippen LogP contribution is -2.48. The Bertz CT molecular complexity index is 2040. The van der Waals surface area contributed by atoms with E-state index in [1.165, 1.54) is 56.7 Å². The summed E-state index contributed by atoms with van der Waals surface area (Å²) >= 11 is 0. The zero-order chi connectivity index (χ0) is 38.7. The monoisotopic (exact) mass is 727 g/mol. The number of hydrogen-bond acceptors (Lipinski definition) is 14. The highest BCUT2D eigenvalue weighted by molar-refractivity contribution is 6.02. The van der Waals surface area contributed by atoms with E-state index in [1.807, 2.05) is 19.1 Å². The molecule has 0 heterocycles.